The van der Waals surface area contributed by atoms with Crippen molar-refractivity contribution in [2.24, 2.45) is 0 Å². The Bertz CT molecular complexity index is 1490. The summed E-state index contributed by atoms with van der Waals surface area (Å²) in [6, 6.07) is 14.0. The molecule has 0 saturated heterocycles. The monoisotopic (exact) mass is 559 g/mol. The van der Waals surface area contributed by atoms with Gasteiger partial charge in [-0.3, -0.25) is 9.69 Å². The Kier molecular flexibility index (Phi) is 7.59. The zero-order valence-electron chi connectivity index (χ0n) is 20.6. The van der Waals surface area contributed by atoms with Crippen LogP contribution in [0.2, 0.25) is 0 Å². The number of hydrogen-bond donors (Lipinski definition) is 1. The molecule has 0 spiro atoms. The number of halogens is 6. The summed E-state index contributed by atoms with van der Waals surface area (Å²) in [6.07, 6.45) is -9.24. The molecule has 0 saturated carbocycles. The van der Waals surface area contributed by atoms with Crippen LogP contribution < -0.4 is 10.2 Å². The lowest BCUT2D eigenvalue weighted by atomic mass is 9.97. The fourth-order valence-electron chi connectivity index (χ4n) is 4.18. The molecule has 1 N–H and O–H groups in total. The van der Waals surface area contributed by atoms with E-state index in [2.05, 4.69) is 5.32 Å². The van der Waals surface area contributed by atoms with E-state index in [9.17, 15) is 41.2 Å². The van der Waals surface area contributed by atoms with Gasteiger partial charge in [0.15, 0.2) is 0 Å². The molecule has 206 valence electrons. The van der Waals surface area contributed by atoms with Crippen LogP contribution in [0.1, 0.15) is 35.2 Å². The van der Waals surface area contributed by atoms with Crippen molar-refractivity contribution in [3.05, 3.63) is 106 Å². The Hall–Kier alpha value is -4.79. The van der Waals surface area contributed by atoms with Crippen molar-refractivity contribution in [3.63, 3.8) is 0 Å². The van der Waals surface area contributed by atoms with E-state index in [1.54, 1.807) is 0 Å². The predicted octanol–water partition coefficient (Wildman–Crippen LogP) is 6.61. The molecular weight excluding hydrogens is 540 g/mol. The van der Waals surface area contributed by atoms with E-state index in [-0.39, 0.29) is 34.8 Å². The summed E-state index contributed by atoms with van der Waals surface area (Å²) in [5, 5.41) is 11.9. The van der Waals surface area contributed by atoms with Gasteiger partial charge in [-0.05, 0) is 73.2 Å². The van der Waals surface area contributed by atoms with Crippen LogP contribution in [0.3, 0.4) is 0 Å². The number of anilines is 2. The van der Waals surface area contributed by atoms with Gasteiger partial charge in [0.2, 0.25) is 0 Å². The molecule has 1 atom stereocenters. The summed E-state index contributed by atoms with van der Waals surface area (Å²) in [4.78, 5) is 28.1. The van der Waals surface area contributed by atoms with Crippen molar-refractivity contribution >= 4 is 23.3 Å². The molecule has 3 aromatic rings. The number of alkyl halides is 6. The van der Waals surface area contributed by atoms with Crippen LogP contribution >= 0.6 is 0 Å². The number of esters is 1. The quantitative estimate of drug-likeness (QED) is 0.271. The minimum absolute atomic E-state index is 0.0124. The minimum atomic E-state index is -4.64. The number of carbonyl (C=O) groups excluding carboxylic acids is 2. The second-order valence-corrected chi connectivity index (χ2v) is 8.57. The van der Waals surface area contributed by atoms with Gasteiger partial charge in [-0.15, -0.1) is 0 Å². The highest BCUT2D eigenvalue weighted by Gasteiger charge is 2.45. The van der Waals surface area contributed by atoms with Crippen molar-refractivity contribution in [2.75, 3.05) is 16.8 Å². The minimum Gasteiger partial charge on any atom is -0.463 e. The maximum absolute atomic E-state index is 13.8. The second kappa shape index (κ2) is 10.8. The van der Waals surface area contributed by atoms with Gasteiger partial charge >= 0.3 is 18.3 Å². The van der Waals surface area contributed by atoms with E-state index < -0.39 is 41.4 Å². The molecule has 1 amide bonds. The Balaban J connectivity index is 1.86. The Labute approximate surface area is 224 Å². The number of hydrogen-bond acceptors (Lipinski definition) is 5. The molecule has 4 rings (SSSR count). The molecule has 40 heavy (non-hydrogen) atoms. The molecule has 3 aromatic carbocycles. The number of carbonyl (C=O) groups is 2. The Morgan fingerprint density at radius 3 is 1.90 bits per heavy atom. The Morgan fingerprint density at radius 1 is 0.900 bits per heavy atom. The highest BCUT2D eigenvalue weighted by atomic mass is 19.4. The highest BCUT2D eigenvalue weighted by molar-refractivity contribution is 6.18. The number of nitriles is 1. The van der Waals surface area contributed by atoms with E-state index in [1.807, 2.05) is 6.07 Å². The Morgan fingerprint density at radius 2 is 1.43 bits per heavy atom. The summed E-state index contributed by atoms with van der Waals surface area (Å²) in [6.45, 7) is 1.45. The van der Waals surface area contributed by atoms with Gasteiger partial charge in [0.25, 0.3) is 5.91 Å². The van der Waals surface area contributed by atoms with Crippen LogP contribution in [0.15, 0.2) is 84.1 Å². The van der Waals surface area contributed by atoms with E-state index in [0.717, 1.165) is 53.4 Å². The van der Waals surface area contributed by atoms with Crippen LogP contribution in [0.25, 0.3) is 0 Å². The first-order chi connectivity index (χ1) is 18.8. The second-order valence-electron chi connectivity index (χ2n) is 8.57. The fourth-order valence-corrected chi connectivity index (χ4v) is 4.18. The van der Waals surface area contributed by atoms with Gasteiger partial charge in [0.05, 0.1) is 41.0 Å². The highest BCUT2D eigenvalue weighted by Crippen LogP contribution is 2.43. The molecule has 1 unspecified atom stereocenters. The van der Waals surface area contributed by atoms with E-state index in [4.69, 9.17) is 4.74 Å². The number of amides is 1. The maximum Gasteiger partial charge on any atom is 0.416 e. The third kappa shape index (κ3) is 5.63. The van der Waals surface area contributed by atoms with E-state index in [0.29, 0.717) is 5.56 Å². The van der Waals surface area contributed by atoms with Gasteiger partial charge in [0.1, 0.15) is 5.70 Å². The summed E-state index contributed by atoms with van der Waals surface area (Å²) >= 11 is 0. The van der Waals surface area contributed by atoms with E-state index in [1.165, 1.54) is 31.2 Å². The third-order valence-corrected chi connectivity index (χ3v) is 6.04. The maximum atomic E-state index is 13.8. The van der Waals surface area contributed by atoms with Crippen molar-refractivity contribution in [1.82, 2.24) is 0 Å². The molecular formula is C28H19F6N3O3. The molecule has 6 nitrogen and oxygen atoms in total. The molecule has 1 aliphatic heterocycles. The first-order valence-electron chi connectivity index (χ1n) is 11.7. The predicted molar refractivity (Wildman–Crippen MR) is 132 cm³/mol. The molecule has 1 aliphatic rings. The van der Waals surface area contributed by atoms with Gasteiger partial charge in [-0.25, -0.2) is 4.79 Å². The van der Waals surface area contributed by atoms with Gasteiger partial charge in [-0.1, -0.05) is 12.1 Å². The molecule has 12 heteroatoms. The van der Waals surface area contributed by atoms with Crippen LogP contribution in [-0.4, -0.2) is 18.5 Å². The van der Waals surface area contributed by atoms with Gasteiger partial charge < -0.3 is 10.1 Å². The topological polar surface area (TPSA) is 82.4 Å². The van der Waals surface area contributed by atoms with Crippen molar-refractivity contribution in [2.45, 2.75) is 25.3 Å². The zero-order valence-corrected chi connectivity index (χ0v) is 20.6. The van der Waals surface area contributed by atoms with Crippen LogP contribution in [0.5, 0.6) is 0 Å². The summed E-state index contributed by atoms with van der Waals surface area (Å²) in [5.74, 6) is -1.76. The molecule has 0 radical (unpaired) electrons. The third-order valence-electron chi connectivity index (χ3n) is 6.04. The van der Waals surface area contributed by atoms with Crippen LogP contribution in [0, 0.1) is 11.3 Å². The molecule has 0 aromatic heterocycles. The number of rotatable bonds is 6. The van der Waals surface area contributed by atoms with Gasteiger partial charge in [-0.2, -0.15) is 31.6 Å². The number of nitrogens with zero attached hydrogens (tertiary/aromatic N) is 2. The lowest BCUT2D eigenvalue weighted by Crippen LogP contribution is -2.32. The molecule has 0 fully saturated rings. The number of ether oxygens (including phenoxy) is 1. The van der Waals surface area contributed by atoms with Crippen molar-refractivity contribution < 1.29 is 40.7 Å². The lowest BCUT2D eigenvalue weighted by molar-refractivity contribution is -0.139. The first kappa shape index (κ1) is 28.2. The summed E-state index contributed by atoms with van der Waals surface area (Å²) in [5.41, 5.74) is -1.76. The number of nitrogens with one attached hydrogen (secondary N) is 1. The molecule has 0 bridgehead atoms. The average molecular weight is 559 g/mol. The fraction of sp³-hybridized carbons (Fsp3) is 0.179. The standard InChI is InChI=1S/C28H19F6N3O3/c1-2-40-26(39)22-23(36-20-11-7-18(8-12-20)27(29,30)31)25(38)37(21-13-9-19(10-14-21)28(32,33)34)24(22)17-5-3-16(15-35)4-6-17/h3-14,24,36H,2H2,1H3. The van der Waals surface area contributed by atoms with Crippen molar-refractivity contribution in [1.29, 1.82) is 5.26 Å². The smallest absolute Gasteiger partial charge is 0.416 e. The summed E-state index contributed by atoms with van der Waals surface area (Å²) < 4.78 is 83.8. The first-order valence-corrected chi connectivity index (χ1v) is 11.7. The molecule has 1 heterocycles. The van der Waals surface area contributed by atoms with E-state index >= 15 is 0 Å². The largest absolute Gasteiger partial charge is 0.463 e. The van der Waals surface area contributed by atoms with Gasteiger partial charge in [0, 0.05) is 11.4 Å². The number of benzene rings is 3. The zero-order chi connectivity index (χ0) is 29.2. The lowest BCUT2D eigenvalue weighted by Gasteiger charge is -2.27. The normalized spacial score (nSPS) is 15.7. The average Bonchev–Trinajstić information content (AvgIpc) is 3.20. The van der Waals surface area contributed by atoms with Crippen LogP contribution in [-0.2, 0) is 26.7 Å². The summed E-state index contributed by atoms with van der Waals surface area (Å²) in [7, 11) is 0. The van der Waals surface area contributed by atoms with Crippen molar-refractivity contribution in [3.8, 4) is 6.07 Å². The van der Waals surface area contributed by atoms with Crippen LogP contribution in [0.4, 0.5) is 37.7 Å². The SMILES string of the molecule is CCOC(=O)C1=C(Nc2ccc(C(F)(F)F)cc2)C(=O)N(c2ccc(C(F)(F)F)cc2)C1c1ccc(C#N)cc1. The molecule has 0 aliphatic carbocycles.